The fourth-order valence-electron chi connectivity index (χ4n) is 1.42. The third-order valence-electron chi connectivity index (χ3n) is 2.47. The van der Waals surface area contributed by atoms with Crippen molar-refractivity contribution < 1.29 is 19.4 Å². The number of carbonyl (C=O) groups is 1. The summed E-state index contributed by atoms with van der Waals surface area (Å²) in [5.74, 6) is -0.726. The summed E-state index contributed by atoms with van der Waals surface area (Å²) in [7, 11) is 0. The lowest BCUT2D eigenvalue weighted by Gasteiger charge is -2.12. The molecule has 0 bridgehead atoms. The molecule has 0 aromatic heterocycles. The Balaban J connectivity index is 2.03. The Morgan fingerprint density at radius 3 is 2.50 bits per heavy atom. The predicted octanol–water partition coefficient (Wildman–Crippen LogP) is 1.29. The quantitative estimate of drug-likeness (QED) is 0.603. The van der Waals surface area contributed by atoms with Crippen molar-refractivity contribution in [3.63, 3.8) is 0 Å². The summed E-state index contributed by atoms with van der Waals surface area (Å²) >= 11 is 0. The van der Waals surface area contributed by atoms with E-state index in [-0.39, 0.29) is 11.8 Å². The number of hydrogen-bond donors (Lipinski definition) is 1. The zero-order valence-corrected chi connectivity index (χ0v) is 8.62. The first-order valence-electron chi connectivity index (χ1n) is 5.06. The van der Waals surface area contributed by atoms with Crippen molar-refractivity contribution in [2.45, 2.75) is 26.2 Å². The molecule has 0 spiro atoms. The largest absolute Gasteiger partial charge is 0.481 e. The highest BCUT2D eigenvalue weighted by molar-refractivity contribution is 5.68. The highest BCUT2D eigenvalue weighted by Gasteiger charge is 2.44. The van der Waals surface area contributed by atoms with Gasteiger partial charge >= 0.3 is 5.97 Å². The van der Waals surface area contributed by atoms with Crippen molar-refractivity contribution in [2.24, 2.45) is 5.41 Å². The van der Waals surface area contributed by atoms with Gasteiger partial charge < -0.3 is 14.6 Å². The topological polar surface area (TPSA) is 55.8 Å². The van der Waals surface area contributed by atoms with Gasteiger partial charge in [0.1, 0.15) is 0 Å². The molecule has 1 saturated carbocycles. The van der Waals surface area contributed by atoms with Gasteiger partial charge in [0, 0.05) is 12.0 Å². The van der Waals surface area contributed by atoms with E-state index in [4.69, 9.17) is 14.6 Å². The minimum Gasteiger partial charge on any atom is -0.481 e. The molecule has 4 nitrogen and oxygen atoms in total. The summed E-state index contributed by atoms with van der Waals surface area (Å²) in [5.41, 5.74) is -0.0575. The maximum Gasteiger partial charge on any atom is 0.303 e. The smallest absolute Gasteiger partial charge is 0.303 e. The van der Waals surface area contributed by atoms with Gasteiger partial charge in [-0.15, -0.1) is 0 Å². The van der Waals surface area contributed by atoms with Gasteiger partial charge in [0.25, 0.3) is 0 Å². The highest BCUT2D eigenvalue weighted by atomic mass is 16.5. The molecule has 0 atom stereocenters. The average molecular weight is 202 g/mol. The SMILES string of the molecule is CCOCCOCC1(CC(=O)O)CC1. The first-order valence-corrected chi connectivity index (χ1v) is 5.06. The van der Waals surface area contributed by atoms with Crippen LogP contribution in [0.4, 0.5) is 0 Å². The summed E-state index contributed by atoms with van der Waals surface area (Å²) in [5, 5.41) is 8.65. The monoisotopic (exact) mass is 202 g/mol. The van der Waals surface area contributed by atoms with Crippen LogP contribution in [0.5, 0.6) is 0 Å². The van der Waals surface area contributed by atoms with Gasteiger partial charge in [-0.3, -0.25) is 4.79 Å². The molecule has 14 heavy (non-hydrogen) atoms. The Labute approximate surface area is 84.2 Å². The molecular weight excluding hydrogens is 184 g/mol. The molecule has 1 rings (SSSR count). The minimum absolute atomic E-state index is 0.0575. The Morgan fingerprint density at radius 2 is 2.00 bits per heavy atom. The number of carboxylic acid groups (broad SMARTS) is 1. The summed E-state index contributed by atoms with van der Waals surface area (Å²) in [6, 6.07) is 0. The summed E-state index contributed by atoms with van der Waals surface area (Å²) in [4.78, 5) is 10.5. The number of aliphatic carboxylic acids is 1. The number of hydrogen-bond acceptors (Lipinski definition) is 3. The van der Waals surface area contributed by atoms with Gasteiger partial charge in [-0.25, -0.2) is 0 Å². The van der Waals surface area contributed by atoms with Crippen LogP contribution in [0.15, 0.2) is 0 Å². The van der Waals surface area contributed by atoms with Crippen LogP contribution in [-0.2, 0) is 14.3 Å². The molecule has 0 radical (unpaired) electrons. The lowest BCUT2D eigenvalue weighted by molar-refractivity contribution is -0.139. The van der Waals surface area contributed by atoms with E-state index < -0.39 is 5.97 Å². The Hall–Kier alpha value is -0.610. The van der Waals surface area contributed by atoms with E-state index in [1.54, 1.807) is 0 Å². The standard InChI is InChI=1S/C10H18O4/c1-2-13-5-6-14-8-10(3-4-10)7-9(11)12/h2-8H2,1H3,(H,11,12). The maximum absolute atomic E-state index is 10.5. The lowest BCUT2D eigenvalue weighted by atomic mass is 10.0. The lowest BCUT2D eigenvalue weighted by Crippen LogP contribution is -2.17. The molecule has 1 N–H and O–H groups in total. The van der Waals surface area contributed by atoms with Gasteiger partial charge in [0.05, 0.1) is 26.2 Å². The van der Waals surface area contributed by atoms with Crippen molar-refractivity contribution in [1.82, 2.24) is 0 Å². The van der Waals surface area contributed by atoms with E-state index in [2.05, 4.69) is 0 Å². The van der Waals surface area contributed by atoms with Crippen LogP contribution in [0.1, 0.15) is 26.2 Å². The first kappa shape index (κ1) is 11.5. The number of ether oxygens (including phenoxy) is 2. The third-order valence-corrected chi connectivity index (χ3v) is 2.47. The van der Waals surface area contributed by atoms with Crippen LogP contribution in [0.2, 0.25) is 0 Å². The molecule has 0 aliphatic heterocycles. The fourth-order valence-corrected chi connectivity index (χ4v) is 1.42. The molecule has 1 fully saturated rings. The van der Waals surface area contributed by atoms with Crippen LogP contribution in [0, 0.1) is 5.41 Å². The molecule has 0 aromatic rings. The summed E-state index contributed by atoms with van der Waals surface area (Å²) < 4.78 is 10.5. The zero-order chi connectivity index (χ0) is 10.4. The Bertz CT molecular complexity index is 187. The first-order chi connectivity index (χ1) is 6.68. The van der Waals surface area contributed by atoms with Crippen molar-refractivity contribution in [2.75, 3.05) is 26.4 Å². The normalized spacial score (nSPS) is 18.1. The van der Waals surface area contributed by atoms with Crippen LogP contribution in [-0.4, -0.2) is 37.5 Å². The Morgan fingerprint density at radius 1 is 1.36 bits per heavy atom. The second kappa shape index (κ2) is 5.32. The van der Waals surface area contributed by atoms with Gasteiger partial charge in [-0.1, -0.05) is 0 Å². The fraction of sp³-hybridized carbons (Fsp3) is 0.900. The van der Waals surface area contributed by atoms with E-state index in [1.165, 1.54) is 0 Å². The van der Waals surface area contributed by atoms with Crippen molar-refractivity contribution in [3.05, 3.63) is 0 Å². The second-order valence-corrected chi connectivity index (χ2v) is 3.82. The molecule has 0 heterocycles. The van der Waals surface area contributed by atoms with Gasteiger partial charge in [-0.05, 0) is 19.8 Å². The molecule has 0 unspecified atom stereocenters. The Kier molecular flexibility index (Phi) is 4.35. The molecule has 1 aliphatic carbocycles. The van der Waals surface area contributed by atoms with E-state index >= 15 is 0 Å². The van der Waals surface area contributed by atoms with Crippen LogP contribution in [0.25, 0.3) is 0 Å². The minimum atomic E-state index is -0.726. The molecular formula is C10H18O4. The number of rotatable bonds is 8. The highest BCUT2D eigenvalue weighted by Crippen LogP contribution is 2.48. The molecule has 0 aromatic carbocycles. The van der Waals surface area contributed by atoms with Crippen LogP contribution >= 0.6 is 0 Å². The molecule has 4 heteroatoms. The molecule has 82 valence electrons. The summed E-state index contributed by atoms with van der Waals surface area (Å²) in [6.07, 6.45) is 2.20. The molecule has 0 saturated heterocycles. The van der Waals surface area contributed by atoms with Gasteiger partial charge in [0.15, 0.2) is 0 Å². The van der Waals surface area contributed by atoms with E-state index in [1.807, 2.05) is 6.92 Å². The van der Waals surface area contributed by atoms with E-state index in [9.17, 15) is 4.79 Å². The van der Waals surface area contributed by atoms with Crippen molar-refractivity contribution in [1.29, 1.82) is 0 Å². The van der Waals surface area contributed by atoms with Crippen LogP contribution in [0.3, 0.4) is 0 Å². The predicted molar refractivity (Wildman–Crippen MR) is 51.2 cm³/mol. The maximum atomic E-state index is 10.5. The second-order valence-electron chi connectivity index (χ2n) is 3.82. The van der Waals surface area contributed by atoms with Crippen molar-refractivity contribution in [3.8, 4) is 0 Å². The average Bonchev–Trinajstić information content (AvgIpc) is 2.84. The van der Waals surface area contributed by atoms with Gasteiger partial charge in [-0.2, -0.15) is 0 Å². The van der Waals surface area contributed by atoms with Crippen LogP contribution < -0.4 is 0 Å². The molecule has 1 aliphatic rings. The third kappa shape index (κ3) is 4.07. The number of carboxylic acids is 1. The van der Waals surface area contributed by atoms with Crippen molar-refractivity contribution >= 4 is 5.97 Å². The molecule has 0 amide bonds. The van der Waals surface area contributed by atoms with Gasteiger partial charge in [0.2, 0.25) is 0 Å². The summed E-state index contributed by atoms with van der Waals surface area (Å²) in [6.45, 7) is 4.36. The zero-order valence-electron chi connectivity index (χ0n) is 8.62. The van der Waals surface area contributed by atoms with E-state index in [0.29, 0.717) is 26.4 Å². The van der Waals surface area contributed by atoms with E-state index in [0.717, 1.165) is 12.8 Å².